The third-order valence-electron chi connectivity index (χ3n) is 5.82. The van der Waals surface area contributed by atoms with Gasteiger partial charge in [0.2, 0.25) is 11.3 Å². The summed E-state index contributed by atoms with van der Waals surface area (Å²) in [5.74, 6) is -0.0274. The fraction of sp³-hybridized carbons (Fsp3) is 0.348. The maximum atomic E-state index is 12.6. The van der Waals surface area contributed by atoms with Gasteiger partial charge in [0.15, 0.2) is 0 Å². The molecule has 0 aliphatic carbocycles. The predicted molar refractivity (Wildman–Crippen MR) is 120 cm³/mol. The number of carbonyl (C=O) groups is 1. The molecule has 156 valence electrons. The first-order valence-electron chi connectivity index (χ1n) is 10.1. The van der Waals surface area contributed by atoms with Crippen LogP contribution in [0.15, 0.2) is 64.0 Å². The molecule has 0 unspecified atom stereocenters. The number of amides is 1. The SMILES string of the molecule is O=C(CCn1ncc(=O)c2ccccc21)NCC1(c2cccc(Br)c2)CCOCC1. The van der Waals surface area contributed by atoms with Crippen molar-refractivity contribution in [3.05, 3.63) is 75.0 Å². The van der Waals surface area contributed by atoms with Gasteiger partial charge in [0.1, 0.15) is 0 Å². The van der Waals surface area contributed by atoms with E-state index >= 15 is 0 Å². The number of nitrogens with zero attached hydrogens (tertiary/aromatic N) is 2. The molecule has 1 N–H and O–H groups in total. The lowest BCUT2D eigenvalue weighted by atomic mass is 9.74. The minimum absolute atomic E-state index is 0.0274. The van der Waals surface area contributed by atoms with Gasteiger partial charge < -0.3 is 10.1 Å². The summed E-state index contributed by atoms with van der Waals surface area (Å²) in [6.07, 6.45) is 3.35. The number of para-hydroxylation sites is 1. The van der Waals surface area contributed by atoms with E-state index in [2.05, 4.69) is 38.5 Å². The van der Waals surface area contributed by atoms with Gasteiger partial charge in [-0.15, -0.1) is 0 Å². The molecule has 3 aromatic rings. The number of fused-ring (bicyclic) bond motifs is 1. The number of benzene rings is 2. The van der Waals surface area contributed by atoms with Crippen molar-refractivity contribution in [2.24, 2.45) is 0 Å². The van der Waals surface area contributed by atoms with Crippen LogP contribution in [0.1, 0.15) is 24.8 Å². The first-order chi connectivity index (χ1) is 14.6. The van der Waals surface area contributed by atoms with Crippen LogP contribution < -0.4 is 10.7 Å². The smallest absolute Gasteiger partial charge is 0.221 e. The van der Waals surface area contributed by atoms with Gasteiger partial charge in [-0.25, -0.2) is 0 Å². The molecule has 30 heavy (non-hydrogen) atoms. The Labute approximate surface area is 183 Å². The van der Waals surface area contributed by atoms with Crippen LogP contribution in [-0.2, 0) is 21.5 Å². The average Bonchev–Trinajstić information content (AvgIpc) is 2.78. The first-order valence-corrected chi connectivity index (χ1v) is 10.9. The third-order valence-corrected chi connectivity index (χ3v) is 6.32. The van der Waals surface area contributed by atoms with Gasteiger partial charge in [-0.3, -0.25) is 14.3 Å². The molecule has 0 radical (unpaired) electrons. The molecule has 0 atom stereocenters. The molecule has 1 saturated heterocycles. The molecule has 2 aromatic carbocycles. The van der Waals surface area contributed by atoms with E-state index in [4.69, 9.17) is 4.74 Å². The minimum atomic E-state index is -0.125. The highest BCUT2D eigenvalue weighted by atomic mass is 79.9. The zero-order chi connectivity index (χ0) is 21.0. The van der Waals surface area contributed by atoms with Crippen LogP contribution >= 0.6 is 15.9 Å². The quantitative estimate of drug-likeness (QED) is 0.600. The number of hydrogen-bond donors (Lipinski definition) is 1. The second kappa shape index (κ2) is 9.10. The number of hydrogen-bond acceptors (Lipinski definition) is 4. The Kier molecular flexibility index (Phi) is 6.29. The van der Waals surface area contributed by atoms with E-state index in [1.54, 1.807) is 10.7 Å². The molecule has 4 rings (SSSR count). The zero-order valence-corrected chi connectivity index (χ0v) is 18.2. The fourth-order valence-electron chi connectivity index (χ4n) is 4.05. The summed E-state index contributed by atoms with van der Waals surface area (Å²) in [7, 11) is 0. The lowest BCUT2D eigenvalue weighted by Crippen LogP contribution is -2.44. The molecule has 1 aliphatic rings. The molecule has 2 heterocycles. The number of aromatic nitrogens is 2. The maximum absolute atomic E-state index is 12.6. The van der Waals surface area contributed by atoms with Gasteiger partial charge in [-0.2, -0.15) is 5.10 Å². The Hall–Kier alpha value is -2.51. The number of ether oxygens (including phenoxy) is 1. The lowest BCUT2D eigenvalue weighted by molar-refractivity contribution is -0.121. The van der Waals surface area contributed by atoms with Crippen molar-refractivity contribution in [3.63, 3.8) is 0 Å². The van der Waals surface area contributed by atoms with Crippen LogP contribution in [0.4, 0.5) is 0 Å². The molecular formula is C23H24BrN3O3. The molecule has 7 heteroatoms. The molecule has 0 saturated carbocycles. The van der Waals surface area contributed by atoms with Gasteiger partial charge in [0.25, 0.3) is 0 Å². The van der Waals surface area contributed by atoms with Gasteiger partial charge in [0, 0.05) is 41.5 Å². The predicted octanol–water partition coefficient (Wildman–Crippen LogP) is 3.41. The molecule has 1 fully saturated rings. The number of rotatable bonds is 6. The summed E-state index contributed by atoms with van der Waals surface area (Å²) in [4.78, 5) is 24.6. The van der Waals surface area contributed by atoms with E-state index < -0.39 is 0 Å². The zero-order valence-electron chi connectivity index (χ0n) is 16.6. The summed E-state index contributed by atoms with van der Waals surface area (Å²) in [6.45, 7) is 2.37. The molecule has 1 amide bonds. The standard InChI is InChI=1S/C23H24BrN3O3/c24-18-5-3-4-17(14-18)23(9-12-30-13-10-23)16-25-22(29)8-11-27-20-7-2-1-6-19(20)21(28)15-26-27/h1-7,14-15H,8-13,16H2,(H,25,29). The van der Waals surface area contributed by atoms with E-state index in [1.165, 1.54) is 11.8 Å². The van der Waals surface area contributed by atoms with Crippen LogP contribution in [0, 0.1) is 0 Å². The Morgan fingerprint density at radius 3 is 2.77 bits per heavy atom. The number of aryl methyl sites for hydroxylation is 1. The summed E-state index contributed by atoms with van der Waals surface area (Å²) in [6, 6.07) is 15.6. The van der Waals surface area contributed by atoms with E-state index in [0.717, 1.165) is 22.8 Å². The lowest BCUT2D eigenvalue weighted by Gasteiger charge is -2.38. The van der Waals surface area contributed by atoms with Crippen molar-refractivity contribution in [1.29, 1.82) is 0 Å². The van der Waals surface area contributed by atoms with Crippen LogP contribution in [0.2, 0.25) is 0 Å². The van der Waals surface area contributed by atoms with Crippen LogP contribution in [0.3, 0.4) is 0 Å². The van der Waals surface area contributed by atoms with E-state index in [1.807, 2.05) is 30.3 Å². The van der Waals surface area contributed by atoms with E-state index in [0.29, 0.717) is 38.1 Å². The molecular weight excluding hydrogens is 446 g/mol. The van der Waals surface area contributed by atoms with Crippen molar-refractivity contribution < 1.29 is 9.53 Å². The number of carbonyl (C=O) groups excluding carboxylic acids is 1. The number of nitrogens with one attached hydrogen (secondary N) is 1. The molecule has 0 bridgehead atoms. The van der Waals surface area contributed by atoms with E-state index in [9.17, 15) is 9.59 Å². The average molecular weight is 470 g/mol. The second-order valence-corrected chi connectivity index (χ2v) is 8.59. The molecule has 6 nitrogen and oxygen atoms in total. The van der Waals surface area contributed by atoms with Gasteiger partial charge in [-0.1, -0.05) is 40.2 Å². The second-order valence-electron chi connectivity index (χ2n) is 7.68. The van der Waals surface area contributed by atoms with Crippen molar-refractivity contribution in [2.45, 2.75) is 31.2 Å². The Bertz CT molecular complexity index is 1110. The normalized spacial score (nSPS) is 15.8. The summed E-state index contributed by atoms with van der Waals surface area (Å²) in [5, 5.41) is 7.94. The summed E-state index contributed by atoms with van der Waals surface area (Å²) >= 11 is 3.56. The maximum Gasteiger partial charge on any atom is 0.221 e. The highest BCUT2D eigenvalue weighted by molar-refractivity contribution is 9.10. The molecule has 1 aliphatic heterocycles. The van der Waals surface area contributed by atoms with Crippen LogP contribution in [0.5, 0.6) is 0 Å². The van der Waals surface area contributed by atoms with Gasteiger partial charge in [-0.05, 0) is 42.7 Å². The Morgan fingerprint density at radius 2 is 1.97 bits per heavy atom. The van der Waals surface area contributed by atoms with Crippen LogP contribution in [-0.4, -0.2) is 35.4 Å². The Morgan fingerprint density at radius 1 is 1.17 bits per heavy atom. The van der Waals surface area contributed by atoms with Gasteiger partial charge in [0.05, 0.1) is 18.3 Å². The molecule has 1 aromatic heterocycles. The van der Waals surface area contributed by atoms with Crippen molar-refractivity contribution in [2.75, 3.05) is 19.8 Å². The minimum Gasteiger partial charge on any atom is -0.381 e. The fourth-order valence-corrected chi connectivity index (χ4v) is 4.45. The van der Waals surface area contributed by atoms with E-state index in [-0.39, 0.29) is 16.8 Å². The largest absolute Gasteiger partial charge is 0.381 e. The van der Waals surface area contributed by atoms with Gasteiger partial charge >= 0.3 is 0 Å². The monoisotopic (exact) mass is 469 g/mol. The van der Waals surface area contributed by atoms with Crippen molar-refractivity contribution >= 4 is 32.7 Å². The first kappa shape index (κ1) is 20.8. The number of halogens is 1. The van der Waals surface area contributed by atoms with Crippen molar-refractivity contribution in [3.8, 4) is 0 Å². The summed E-state index contributed by atoms with van der Waals surface area (Å²) < 4.78 is 8.33. The highest BCUT2D eigenvalue weighted by Gasteiger charge is 2.35. The highest BCUT2D eigenvalue weighted by Crippen LogP contribution is 2.35. The Balaban J connectivity index is 1.44. The van der Waals surface area contributed by atoms with Crippen molar-refractivity contribution in [1.82, 2.24) is 15.1 Å². The third kappa shape index (κ3) is 4.47. The molecule has 0 spiro atoms. The van der Waals surface area contributed by atoms with Crippen LogP contribution in [0.25, 0.3) is 10.9 Å². The topological polar surface area (TPSA) is 73.2 Å². The summed E-state index contributed by atoms with van der Waals surface area (Å²) in [5.41, 5.74) is 1.73.